The first-order chi connectivity index (χ1) is 10.1. The zero-order valence-electron chi connectivity index (χ0n) is 12.5. The second kappa shape index (κ2) is 6.83. The summed E-state index contributed by atoms with van der Waals surface area (Å²) in [7, 11) is 0. The predicted octanol–water partition coefficient (Wildman–Crippen LogP) is 3.24. The van der Waals surface area contributed by atoms with Gasteiger partial charge < -0.3 is 10.6 Å². The number of nitrogens with one attached hydrogen (secondary N) is 2. The summed E-state index contributed by atoms with van der Waals surface area (Å²) >= 11 is 0. The Kier molecular flexibility index (Phi) is 4.87. The first-order valence-corrected chi connectivity index (χ1v) is 6.99. The number of carbonyl (C=O) groups excluding carboxylic acids is 1. The average molecular weight is 284 g/mol. The van der Waals surface area contributed by atoms with Crippen LogP contribution in [0.3, 0.4) is 0 Å². The molecule has 2 rings (SSSR count). The summed E-state index contributed by atoms with van der Waals surface area (Å²) in [6, 6.07) is 7.68. The summed E-state index contributed by atoms with van der Waals surface area (Å²) in [5.41, 5.74) is 2.58. The standard InChI is InChI=1S/C16H20N4O/c1-11(2)16(21)20-14-6-4-5-13(9-14)19-12(3)15-10-17-7-8-18-15/h4-12,19H,1-3H3,(H,20,21). The molecule has 1 amide bonds. The molecule has 1 atom stereocenters. The molecule has 0 fully saturated rings. The third kappa shape index (κ3) is 4.27. The molecule has 5 heteroatoms. The van der Waals surface area contributed by atoms with E-state index in [0.29, 0.717) is 0 Å². The molecule has 21 heavy (non-hydrogen) atoms. The van der Waals surface area contributed by atoms with E-state index in [1.807, 2.05) is 45.0 Å². The van der Waals surface area contributed by atoms with Crippen molar-refractivity contribution in [2.24, 2.45) is 5.92 Å². The summed E-state index contributed by atoms with van der Waals surface area (Å²) in [6.45, 7) is 5.75. The third-order valence-corrected chi connectivity index (χ3v) is 3.06. The number of hydrogen-bond donors (Lipinski definition) is 2. The smallest absolute Gasteiger partial charge is 0.226 e. The molecule has 0 saturated carbocycles. The summed E-state index contributed by atoms with van der Waals surface area (Å²) < 4.78 is 0. The van der Waals surface area contributed by atoms with E-state index in [9.17, 15) is 4.79 Å². The molecule has 0 bridgehead atoms. The number of carbonyl (C=O) groups is 1. The topological polar surface area (TPSA) is 66.9 Å². The largest absolute Gasteiger partial charge is 0.377 e. The second-order valence-electron chi connectivity index (χ2n) is 5.22. The number of rotatable bonds is 5. The quantitative estimate of drug-likeness (QED) is 0.884. The van der Waals surface area contributed by atoms with Crippen LogP contribution in [0.15, 0.2) is 42.9 Å². The minimum absolute atomic E-state index is 0.00845. The van der Waals surface area contributed by atoms with Crippen molar-refractivity contribution in [1.82, 2.24) is 9.97 Å². The predicted molar refractivity (Wildman–Crippen MR) is 84.0 cm³/mol. The number of benzene rings is 1. The van der Waals surface area contributed by atoms with Crippen molar-refractivity contribution in [1.29, 1.82) is 0 Å². The van der Waals surface area contributed by atoms with Crippen molar-refractivity contribution >= 4 is 17.3 Å². The van der Waals surface area contributed by atoms with E-state index < -0.39 is 0 Å². The first kappa shape index (κ1) is 15.0. The lowest BCUT2D eigenvalue weighted by atomic mass is 10.2. The molecule has 2 aromatic rings. The van der Waals surface area contributed by atoms with Gasteiger partial charge in [-0.1, -0.05) is 19.9 Å². The molecule has 110 valence electrons. The van der Waals surface area contributed by atoms with Gasteiger partial charge in [-0.2, -0.15) is 0 Å². The van der Waals surface area contributed by atoms with Crippen LogP contribution >= 0.6 is 0 Å². The maximum absolute atomic E-state index is 11.7. The Balaban J connectivity index is 2.06. The Morgan fingerprint density at radius 3 is 2.57 bits per heavy atom. The monoisotopic (exact) mass is 284 g/mol. The van der Waals surface area contributed by atoms with E-state index in [4.69, 9.17) is 0 Å². The van der Waals surface area contributed by atoms with Gasteiger partial charge in [0.05, 0.1) is 17.9 Å². The van der Waals surface area contributed by atoms with Crippen LogP contribution in [0.25, 0.3) is 0 Å². The van der Waals surface area contributed by atoms with Crippen molar-refractivity contribution in [3.8, 4) is 0 Å². The minimum Gasteiger partial charge on any atom is -0.377 e. The number of amides is 1. The molecule has 0 aliphatic carbocycles. The lowest BCUT2D eigenvalue weighted by molar-refractivity contribution is -0.118. The van der Waals surface area contributed by atoms with Crippen LogP contribution in [0, 0.1) is 5.92 Å². The van der Waals surface area contributed by atoms with E-state index in [1.165, 1.54) is 0 Å². The molecule has 2 N–H and O–H groups in total. The van der Waals surface area contributed by atoms with Crippen LogP contribution in [-0.2, 0) is 4.79 Å². The molecule has 0 aliphatic heterocycles. The van der Waals surface area contributed by atoms with E-state index in [2.05, 4.69) is 20.6 Å². The van der Waals surface area contributed by atoms with Crippen molar-refractivity contribution in [3.63, 3.8) is 0 Å². The second-order valence-corrected chi connectivity index (χ2v) is 5.22. The highest BCUT2D eigenvalue weighted by atomic mass is 16.1. The highest BCUT2D eigenvalue weighted by Gasteiger charge is 2.09. The Bertz CT molecular complexity index is 598. The number of nitrogens with zero attached hydrogens (tertiary/aromatic N) is 2. The third-order valence-electron chi connectivity index (χ3n) is 3.06. The molecule has 5 nitrogen and oxygen atoms in total. The van der Waals surface area contributed by atoms with E-state index in [-0.39, 0.29) is 17.9 Å². The van der Waals surface area contributed by atoms with Gasteiger partial charge in [-0.05, 0) is 25.1 Å². The SMILES string of the molecule is CC(C)C(=O)Nc1cccc(NC(C)c2cnccn2)c1. The summed E-state index contributed by atoms with van der Waals surface area (Å²) in [5, 5.41) is 6.24. The molecule has 1 aromatic carbocycles. The molecule has 0 saturated heterocycles. The Labute approximate surface area is 124 Å². The van der Waals surface area contributed by atoms with Crippen LogP contribution in [0.2, 0.25) is 0 Å². The fourth-order valence-corrected chi connectivity index (χ4v) is 1.83. The van der Waals surface area contributed by atoms with Crippen molar-refractivity contribution in [2.75, 3.05) is 10.6 Å². The van der Waals surface area contributed by atoms with Crippen LogP contribution in [0.4, 0.5) is 11.4 Å². The zero-order chi connectivity index (χ0) is 15.2. The normalized spacial score (nSPS) is 12.0. The van der Waals surface area contributed by atoms with E-state index in [1.54, 1.807) is 18.6 Å². The van der Waals surface area contributed by atoms with Crippen LogP contribution in [0.5, 0.6) is 0 Å². The number of aromatic nitrogens is 2. The highest BCUT2D eigenvalue weighted by Crippen LogP contribution is 2.20. The first-order valence-electron chi connectivity index (χ1n) is 6.99. The van der Waals surface area contributed by atoms with Gasteiger partial charge in [0.15, 0.2) is 0 Å². The molecular weight excluding hydrogens is 264 g/mol. The van der Waals surface area contributed by atoms with Crippen molar-refractivity contribution in [3.05, 3.63) is 48.5 Å². The number of hydrogen-bond acceptors (Lipinski definition) is 4. The Morgan fingerprint density at radius 2 is 1.90 bits per heavy atom. The molecule has 1 aromatic heterocycles. The maximum Gasteiger partial charge on any atom is 0.226 e. The molecular formula is C16H20N4O. The molecule has 0 radical (unpaired) electrons. The van der Waals surface area contributed by atoms with Crippen molar-refractivity contribution < 1.29 is 4.79 Å². The van der Waals surface area contributed by atoms with Crippen LogP contribution in [-0.4, -0.2) is 15.9 Å². The lowest BCUT2D eigenvalue weighted by Crippen LogP contribution is -2.17. The Hall–Kier alpha value is -2.43. The fraction of sp³-hybridized carbons (Fsp3) is 0.312. The van der Waals surface area contributed by atoms with Crippen LogP contribution in [0.1, 0.15) is 32.5 Å². The van der Waals surface area contributed by atoms with Gasteiger partial charge in [0.2, 0.25) is 5.91 Å². The van der Waals surface area contributed by atoms with Gasteiger partial charge in [-0.15, -0.1) is 0 Å². The van der Waals surface area contributed by atoms with Gasteiger partial charge in [-0.3, -0.25) is 14.8 Å². The average Bonchev–Trinajstić information content (AvgIpc) is 2.48. The Morgan fingerprint density at radius 1 is 1.14 bits per heavy atom. The van der Waals surface area contributed by atoms with Crippen molar-refractivity contribution in [2.45, 2.75) is 26.8 Å². The minimum atomic E-state index is -0.0415. The zero-order valence-corrected chi connectivity index (χ0v) is 12.5. The maximum atomic E-state index is 11.7. The van der Waals surface area contributed by atoms with Gasteiger partial charge in [-0.25, -0.2) is 0 Å². The summed E-state index contributed by atoms with van der Waals surface area (Å²) in [5.74, 6) is -0.0331. The highest BCUT2D eigenvalue weighted by molar-refractivity contribution is 5.92. The number of anilines is 2. The fourth-order valence-electron chi connectivity index (χ4n) is 1.83. The lowest BCUT2D eigenvalue weighted by Gasteiger charge is -2.15. The van der Waals surface area contributed by atoms with Gasteiger partial charge in [0.1, 0.15) is 0 Å². The van der Waals surface area contributed by atoms with E-state index >= 15 is 0 Å². The van der Waals surface area contributed by atoms with Crippen LogP contribution < -0.4 is 10.6 Å². The molecule has 1 heterocycles. The molecule has 0 spiro atoms. The molecule has 0 aliphatic rings. The summed E-state index contributed by atoms with van der Waals surface area (Å²) in [6.07, 6.45) is 5.06. The van der Waals surface area contributed by atoms with Gasteiger partial charge in [0.25, 0.3) is 0 Å². The molecule has 1 unspecified atom stereocenters. The van der Waals surface area contributed by atoms with E-state index in [0.717, 1.165) is 17.1 Å². The van der Waals surface area contributed by atoms with Gasteiger partial charge >= 0.3 is 0 Å². The van der Waals surface area contributed by atoms with Gasteiger partial charge in [0, 0.05) is 29.7 Å². The summed E-state index contributed by atoms with van der Waals surface area (Å²) in [4.78, 5) is 20.1.